The molecule has 2 saturated heterocycles. The topological polar surface area (TPSA) is 129 Å². The van der Waals surface area contributed by atoms with E-state index in [0.29, 0.717) is 49.4 Å². The molecule has 4 heterocycles. The van der Waals surface area contributed by atoms with Crippen molar-refractivity contribution in [2.45, 2.75) is 66.2 Å². The number of esters is 2. The molecule has 0 saturated carbocycles. The first-order valence-electron chi connectivity index (χ1n) is 19.2. The Balaban J connectivity index is 0.000000208. The molecule has 2 aromatic carbocycles. The molecule has 6 rings (SSSR count). The summed E-state index contributed by atoms with van der Waals surface area (Å²) in [4.78, 5) is 27.9. The van der Waals surface area contributed by atoms with Crippen LogP contribution in [-0.4, -0.2) is 84.9 Å². The first kappa shape index (κ1) is 39.9. The van der Waals surface area contributed by atoms with E-state index >= 15 is 0 Å². The van der Waals surface area contributed by atoms with E-state index in [4.69, 9.17) is 18.9 Å². The van der Waals surface area contributed by atoms with Crippen LogP contribution in [0.5, 0.6) is 11.5 Å². The maximum atomic E-state index is 11.6. The first-order valence-corrected chi connectivity index (χ1v) is 19.2. The van der Waals surface area contributed by atoms with Crippen molar-refractivity contribution in [2.24, 2.45) is 11.8 Å². The summed E-state index contributed by atoms with van der Waals surface area (Å²) in [6.45, 7) is 13.7. The maximum absolute atomic E-state index is 11.6. The largest absolute Gasteiger partial charge is 0.494 e. The monoisotopic (exact) mass is 738 g/mol. The molecule has 12 nitrogen and oxygen atoms in total. The Kier molecular flexibility index (Phi) is 15.4. The summed E-state index contributed by atoms with van der Waals surface area (Å²) < 4.78 is 21.6. The lowest BCUT2D eigenvalue weighted by Gasteiger charge is -2.32. The molecule has 0 amide bonds. The quantitative estimate of drug-likeness (QED) is 0.120. The Morgan fingerprint density at radius 1 is 0.556 bits per heavy atom. The van der Waals surface area contributed by atoms with E-state index in [1.807, 2.05) is 62.4 Å². The third kappa shape index (κ3) is 12.4. The molecular formula is C42H54N6O6. The molecule has 0 aliphatic carbocycles. The van der Waals surface area contributed by atoms with Gasteiger partial charge in [-0.25, -0.2) is 9.59 Å². The van der Waals surface area contributed by atoms with Crippen LogP contribution in [0.3, 0.4) is 0 Å². The normalized spacial score (nSPS) is 14.8. The number of ether oxygens (including phenoxy) is 4. The number of hydrogen-bond acceptors (Lipinski definition) is 12. The summed E-state index contributed by atoms with van der Waals surface area (Å²) in [6, 6.07) is 22.4. The number of carbonyl (C=O) groups excluding carboxylic acids is 2. The molecule has 0 bridgehead atoms. The minimum Gasteiger partial charge on any atom is -0.494 e. The molecule has 2 aliphatic rings. The maximum Gasteiger partial charge on any atom is 0.338 e. The second-order valence-electron chi connectivity index (χ2n) is 13.7. The number of rotatable bonds is 14. The third-order valence-electron chi connectivity index (χ3n) is 9.77. The van der Waals surface area contributed by atoms with Gasteiger partial charge < -0.3 is 28.7 Å². The van der Waals surface area contributed by atoms with Gasteiger partial charge in [-0.3, -0.25) is 0 Å². The van der Waals surface area contributed by atoms with Crippen LogP contribution in [0.1, 0.15) is 84.5 Å². The van der Waals surface area contributed by atoms with Crippen molar-refractivity contribution in [3.8, 4) is 11.5 Å². The smallest absolute Gasteiger partial charge is 0.338 e. The Hall–Kier alpha value is -5.26. The van der Waals surface area contributed by atoms with E-state index in [9.17, 15) is 9.59 Å². The third-order valence-corrected chi connectivity index (χ3v) is 9.77. The summed E-state index contributed by atoms with van der Waals surface area (Å²) in [5.74, 6) is 4.25. The van der Waals surface area contributed by atoms with Crippen molar-refractivity contribution < 1.29 is 28.5 Å². The second kappa shape index (κ2) is 20.8. The number of aryl methyl sites for hydroxylation is 2. The van der Waals surface area contributed by atoms with Gasteiger partial charge in [-0.05, 0) is 151 Å². The zero-order valence-corrected chi connectivity index (χ0v) is 32.1. The van der Waals surface area contributed by atoms with E-state index in [1.54, 1.807) is 38.1 Å². The molecule has 0 radical (unpaired) electrons. The van der Waals surface area contributed by atoms with Gasteiger partial charge >= 0.3 is 11.9 Å². The molecule has 2 fully saturated rings. The molecule has 0 atom stereocenters. The van der Waals surface area contributed by atoms with Crippen LogP contribution in [0, 0.1) is 25.7 Å². The van der Waals surface area contributed by atoms with Crippen LogP contribution >= 0.6 is 0 Å². The number of nitrogens with zero attached hydrogens (tertiary/aromatic N) is 6. The van der Waals surface area contributed by atoms with Gasteiger partial charge in [-0.2, -0.15) is 10.2 Å². The van der Waals surface area contributed by atoms with Gasteiger partial charge in [0.05, 0.1) is 48.9 Å². The molecule has 12 heteroatoms. The zero-order valence-electron chi connectivity index (χ0n) is 32.1. The Labute approximate surface area is 319 Å². The van der Waals surface area contributed by atoms with E-state index in [1.165, 1.54) is 0 Å². The Bertz CT molecular complexity index is 1580. The standard InChI is InChI=1S/2C21H27N3O3/c2*1-3-26-21(25)18-5-7-19(8-6-18)27-15-12-17-10-13-24(14-11-17)20-9-4-16(2)22-23-20/h2*4-9,17H,3,10-15H2,1-2H3. The van der Waals surface area contributed by atoms with Crippen LogP contribution in [-0.2, 0) is 9.47 Å². The first-order chi connectivity index (χ1) is 26.3. The van der Waals surface area contributed by atoms with Crippen molar-refractivity contribution in [2.75, 3.05) is 62.4 Å². The Morgan fingerprint density at radius 2 is 0.926 bits per heavy atom. The highest BCUT2D eigenvalue weighted by Gasteiger charge is 2.22. The van der Waals surface area contributed by atoms with Crippen molar-refractivity contribution in [1.29, 1.82) is 0 Å². The number of carbonyl (C=O) groups is 2. The molecule has 288 valence electrons. The number of anilines is 2. The summed E-state index contributed by atoms with van der Waals surface area (Å²) in [7, 11) is 0. The number of hydrogen-bond donors (Lipinski definition) is 0. The Morgan fingerprint density at radius 3 is 1.24 bits per heavy atom. The average molecular weight is 739 g/mol. The fourth-order valence-electron chi connectivity index (χ4n) is 6.51. The van der Waals surface area contributed by atoms with E-state index in [0.717, 1.165) is 99.2 Å². The van der Waals surface area contributed by atoms with Gasteiger partial charge in [0.25, 0.3) is 0 Å². The molecule has 0 N–H and O–H groups in total. The summed E-state index contributed by atoms with van der Waals surface area (Å²) in [5.41, 5.74) is 2.99. The molecule has 54 heavy (non-hydrogen) atoms. The number of piperidine rings is 2. The summed E-state index contributed by atoms with van der Waals surface area (Å²) in [6.07, 6.45) is 6.63. The van der Waals surface area contributed by atoms with E-state index in [-0.39, 0.29) is 11.9 Å². The molecule has 2 aliphatic heterocycles. The van der Waals surface area contributed by atoms with Crippen molar-refractivity contribution in [3.05, 3.63) is 95.3 Å². The predicted molar refractivity (Wildman–Crippen MR) is 208 cm³/mol. The highest BCUT2D eigenvalue weighted by molar-refractivity contribution is 5.90. The lowest BCUT2D eigenvalue weighted by Crippen LogP contribution is -2.34. The lowest BCUT2D eigenvalue weighted by molar-refractivity contribution is 0.0516. The van der Waals surface area contributed by atoms with Gasteiger partial charge in [0.1, 0.15) is 11.5 Å². The van der Waals surface area contributed by atoms with Crippen LogP contribution in [0.25, 0.3) is 0 Å². The SMILES string of the molecule is CCOC(=O)c1ccc(OCCC2CCN(c3ccc(C)nn3)CC2)cc1.CCOC(=O)c1ccc(OCCC2CCN(c3ccc(C)nn3)CC2)cc1. The van der Waals surface area contributed by atoms with Gasteiger partial charge in [0.2, 0.25) is 0 Å². The fraction of sp³-hybridized carbons (Fsp3) is 0.476. The van der Waals surface area contributed by atoms with E-state index in [2.05, 4.69) is 30.2 Å². The number of benzene rings is 2. The average Bonchev–Trinajstić information content (AvgIpc) is 3.20. The van der Waals surface area contributed by atoms with Crippen LogP contribution in [0.15, 0.2) is 72.8 Å². The van der Waals surface area contributed by atoms with Gasteiger partial charge in [-0.1, -0.05) is 0 Å². The van der Waals surface area contributed by atoms with Crippen molar-refractivity contribution in [1.82, 2.24) is 20.4 Å². The molecule has 0 unspecified atom stereocenters. The summed E-state index contributed by atoms with van der Waals surface area (Å²) >= 11 is 0. The van der Waals surface area contributed by atoms with Crippen LogP contribution < -0.4 is 19.3 Å². The molecule has 2 aromatic heterocycles. The molecule has 4 aromatic rings. The van der Waals surface area contributed by atoms with Crippen LogP contribution in [0.2, 0.25) is 0 Å². The molecule has 0 spiro atoms. The second-order valence-corrected chi connectivity index (χ2v) is 13.7. The lowest BCUT2D eigenvalue weighted by atomic mass is 9.94. The summed E-state index contributed by atoms with van der Waals surface area (Å²) in [5, 5.41) is 16.8. The van der Waals surface area contributed by atoms with Crippen molar-refractivity contribution in [3.63, 3.8) is 0 Å². The van der Waals surface area contributed by atoms with Crippen LogP contribution in [0.4, 0.5) is 11.6 Å². The van der Waals surface area contributed by atoms with Crippen molar-refractivity contribution >= 4 is 23.6 Å². The highest BCUT2D eigenvalue weighted by atomic mass is 16.5. The van der Waals surface area contributed by atoms with Gasteiger partial charge in [-0.15, -0.1) is 10.2 Å². The zero-order chi connectivity index (χ0) is 38.1. The fourth-order valence-corrected chi connectivity index (χ4v) is 6.51. The highest BCUT2D eigenvalue weighted by Crippen LogP contribution is 2.26. The minimum atomic E-state index is -0.297. The van der Waals surface area contributed by atoms with Gasteiger partial charge in [0.15, 0.2) is 11.6 Å². The van der Waals surface area contributed by atoms with Gasteiger partial charge in [0, 0.05) is 26.2 Å². The minimum absolute atomic E-state index is 0.297. The van der Waals surface area contributed by atoms with E-state index < -0.39 is 0 Å². The predicted octanol–water partition coefficient (Wildman–Crippen LogP) is 7.29. The molecular weight excluding hydrogens is 684 g/mol. The number of aromatic nitrogens is 4.